The van der Waals surface area contributed by atoms with Crippen LogP contribution in [0.1, 0.15) is 22.9 Å². The molecule has 0 aliphatic rings. The molecule has 5 nitrogen and oxygen atoms in total. The topological polar surface area (TPSA) is 89.8 Å². The molecule has 0 aromatic carbocycles. The Morgan fingerprint density at radius 2 is 2.11 bits per heavy atom. The number of rotatable bonds is 3. The summed E-state index contributed by atoms with van der Waals surface area (Å²) in [7, 11) is 0. The zero-order valence-corrected chi connectivity index (χ0v) is 10.6. The second kappa shape index (κ2) is 5.30. The van der Waals surface area contributed by atoms with Crippen molar-refractivity contribution >= 4 is 17.4 Å². The molecule has 94 valence electrons. The van der Waals surface area contributed by atoms with Gasteiger partial charge in [-0.25, -0.2) is 10.4 Å². The first-order chi connectivity index (χ1) is 8.61. The average molecular weight is 264 g/mol. The van der Waals surface area contributed by atoms with Gasteiger partial charge in [-0.15, -0.1) is 0 Å². The summed E-state index contributed by atoms with van der Waals surface area (Å²) >= 11 is 5.93. The number of nitrogen functional groups attached to an aromatic ring is 1. The lowest BCUT2D eigenvalue weighted by Gasteiger charge is -2.17. The zero-order chi connectivity index (χ0) is 13.1. The number of halogens is 1. The molecular weight excluding hydrogens is 250 g/mol. The molecule has 1 unspecified atom stereocenters. The van der Waals surface area contributed by atoms with Crippen molar-refractivity contribution in [3.63, 3.8) is 0 Å². The Labute approximate surface area is 110 Å². The first-order valence-electron chi connectivity index (χ1n) is 5.41. The fourth-order valence-corrected chi connectivity index (χ4v) is 1.91. The van der Waals surface area contributed by atoms with E-state index in [9.17, 15) is 0 Å². The van der Waals surface area contributed by atoms with Gasteiger partial charge in [-0.2, -0.15) is 0 Å². The number of hydrazine groups is 1. The van der Waals surface area contributed by atoms with E-state index in [1.807, 2.05) is 19.1 Å². The van der Waals surface area contributed by atoms with Crippen molar-refractivity contribution in [3.05, 3.63) is 52.4 Å². The van der Waals surface area contributed by atoms with Gasteiger partial charge >= 0.3 is 0 Å². The van der Waals surface area contributed by atoms with Crippen molar-refractivity contribution in [1.29, 1.82) is 0 Å². The molecule has 0 bridgehead atoms. The third-order valence-electron chi connectivity index (χ3n) is 2.63. The SMILES string of the molecule is Cc1ccnc(C(NN)c2cc(Cl)cnc2N)c1. The van der Waals surface area contributed by atoms with Gasteiger partial charge in [0, 0.05) is 18.0 Å². The Morgan fingerprint density at radius 1 is 1.33 bits per heavy atom. The lowest BCUT2D eigenvalue weighted by Crippen LogP contribution is -2.30. The normalized spacial score (nSPS) is 12.4. The number of nitrogens with one attached hydrogen (secondary N) is 1. The van der Waals surface area contributed by atoms with Crippen LogP contribution in [0.15, 0.2) is 30.6 Å². The van der Waals surface area contributed by atoms with Crippen LogP contribution in [0.4, 0.5) is 5.82 Å². The minimum atomic E-state index is -0.337. The summed E-state index contributed by atoms with van der Waals surface area (Å²) < 4.78 is 0. The number of pyridine rings is 2. The first-order valence-corrected chi connectivity index (χ1v) is 5.79. The van der Waals surface area contributed by atoms with E-state index in [0.717, 1.165) is 11.3 Å². The highest BCUT2D eigenvalue weighted by atomic mass is 35.5. The highest BCUT2D eigenvalue weighted by Gasteiger charge is 2.17. The second-order valence-corrected chi connectivity index (χ2v) is 4.42. The van der Waals surface area contributed by atoms with E-state index in [4.69, 9.17) is 23.2 Å². The van der Waals surface area contributed by atoms with Gasteiger partial charge in [0.2, 0.25) is 0 Å². The van der Waals surface area contributed by atoms with Crippen LogP contribution in [-0.4, -0.2) is 9.97 Å². The van der Waals surface area contributed by atoms with Crippen molar-refractivity contribution in [1.82, 2.24) is 15.4 Å². The van der Waals surface area contributed by atoms with Crippen LogP contribution < -0.4 is 17.0 Å². The predicted octanol–water partition coefficient (Wildman–Crippen LogP) is 1.57. The van der Waals surface area contributed by atoms with Gasteiger partial charge in [0.15, 0.2) is 0 Å². The first kappa shape index (κ1) is 12.8. The van der Waals surface area contributed by atoms with Crippen molar-refractivity contribution in [3.8, 4) is 0 Å². The van der Waals surface area contributed by atoms with Crippen LogP contribution in [0.25, 0.3) is 0 Å². The standard InChI is InChI=1S/C12H14ClN5/c1-7-2-3-16-10(4-7)11(18-15)9-5-8(13)6-17-12(9)14/h2-6,11,18H,15H2,1H3,(H2,14,17). The molecule has 0 saturated carbocycles. The van der Waals surface area contributed by atoms with E-state index in [2.05, 4.69) is 15.4 Å². The molecule has 1 atom stereocenters. The lowest BCUT2D eigenvalue weighted by atomic mass is 10.0. The molecule has 6 heteroatoms. The molecule has 0 amide bonds. The fourth-order valence-electron chi connectivity index (χ4n) is 1.75. The molecule has 0 aliphatic heterocycles. The molecule has 0 fully saturated rings. The maximum atomic E-state index is 5.93. The highest BCUT2D eigenvalue weighted by molar-refractivity contribution is 6.30. The summed E-state index contributed by atoms with van der Waals surface area (Å²) in [5.41, 5.74) is 11.1. The van der Waals surface area contributed by atoms with Gasteiger partial charge in [0.05, 0.1) is 16.8 Å². The van der Waals surface area contributed by atoms with Crippen LogP contribution >= 0.6 is 11.6 Å². The van der Waals surface area contributed by atoms with Gasteiger partial charge in [0.1, 0.15) is 5.82 Å². The summed E-state index contributed by atoms with van der Waals surface area (Å²) in [4.78, 5) is 8.31. The molecule has 0 radical (unpaired) electrons. The minimum Gasteiger partial charge on any atom is -0.383 e. The third kappa shape index (κ3) is 2.59. The van der Waals surface area contributed by atoms with E-state index in [1.165, 1.54) is 6.20 Å². The van der Waals surface area contributed by atoms with Crippen LogP contribution in [0.2, 0.25) is 5.02 Å². The highest BCUT2D eigenvalue weighted by Crippen LogP contribution is 2.26. The number of hydrogen-bond donors (Lipinski definition) is 3. The molecule has 2 aromatic heterocycles. The minimum absolute atomic E-state index is 0.337. The number of aromatic nitrogens is 2. The Hall–Kier alpha value is -1.69. The summed E-state index contributed by atoms with van der Waals surface area (Å²) in [5.74, 6) is 5.97. The van der Waals surface area contributed by atoms with Gasteiger partial charge in [0.25, 0.3) is 0 Å². The van der Waals surface area contributed by atoms with E-state index >= 15 is 0 Å². The van der Waals surface area contributed by atoms with Gasteiger partial charge in [-0.1, -0.05) is 11.6 Å². The van der Waals surface area contributed by atoms with Crippen LogP contribution in [0.3, 0.4) is 0 Å². The Bertz CT molecular complexity index is 558. The van der Waals surface area contributed by atoms with E-state index < -0.39 is 0 Å². The van der Waals surface area contributed by atoms with Crippen molar-refractivity contribution in [2.45, 2.75) is 13.0 Å². The van der Waals surface area contributed by atoms with E-state index in [1.54, 1.807) is 12.3 Å². The fraction of sp³-hybridized carbons (Fsp3) is 0.167. The average Bonchev–Trinajstić information content (AvgIpc) is 2.35. The zero-order valence-electron chi connectivity index (χ0n) is 9.89. The van der Waals surface area contributed by atoms with E-state index in [-0.39, 0.29) is 6.04 Å². The lowest BCUT2D eigenvalue weighted by molar-refractivity contribution is 0.620. The Balaban J connectivity index is 2.48. The monoisotopic (exact) mass is 263 g/mol. The summed E-state index contributed by atoms with van der Waals surface area (Å²) in [6.45, 7) is 1.98. The molecule has 2 heterocycles. The molecule has 5 N–H and O–H groups in total. The van der Waals surface area contributed by atoms with Gasteiger partial charge in [-0.3, -0.25) is 10.8 Å². The molecule has 2 aromatic rings. The summed E-state index contributed by atoms with van der Waals surface area (Å²) in [6.07, 6.45) is 3.22. The van der Waals surface area contributed by atoms with Gasteiger partial charge < -0.3 is 5.73 Å². The maximum Gasteiger partial charge on any atom is 0.128 e. The molecule has 2 rings (SSSR count). The molecule has 0 aliphatic carbocycles. The predicted molar refractivity (Wildman–Crippen MR) is 71.8 cm³/mol. The van der Waals surface area contributed by atoms with Gasteiger partial charge in [-0.05, 0) is 30.7 Å². The summed E-state index contributed by atoms with van der Waals surface area (Å²) in [6, 6.07) is 5.25. The maximum absolute atomic E-state index is 5.93. The molecule has 18 heavy (non-hydrogen) atoms. The Kier molecular flexibility index (Phi) is 3.76. The number of nitrogens with two attached hydrogens (primary N) is 2. The number of hydrogen-bond acceptors (Lipinski definition) is 5. The van der Waals surface area contributed by atoms with Crippen LogP contribution in [0.5, 0.6) is 0 Å². The molecule has 0 saturated heterocycles. The Morgan fingerprint density at radius 3 is 2.78 bits per heavy atom. The van der Waals surface area contributed by atoms with Crippen LogP contribution in [0, 0.1) is 6.92 Å². The largest absolute Gasteiger partial charge is 0.383 e. The van der Waals surface area contributed by atoms with Crippen molar-refractivity contribution < 1.29 is 0 Å². The van der Waals surface area contributed by atoms with Crippen molar-refractivity contribution in [2.24, 2.45) is 5.84 Å². The third-order valence-corrected chi connectivity index (χ3v) is 2.83. The van der Waals surface area contributed by atoms with E-state index in [0.29, 0.717) is 16.4 Å². The summed E-state index contributed by atoms with van der Waals surface area (Å²) in [5, 5.41) is 0.507. The number of nitrogens with zero attached hydrogens (tertiary/aromatic N) is 2. The number of anilines is 1. The quantitative estimate of drug-likeness (QED) is 0.578. The second-order valence-electron chi connectivity index (χ2n) is 3.99. The molecular formula is C12H14ClN5. The van der Waals surface area contributed by atoms with Crippen molar-refractivity contribution in [2.75, 3.05) is 5.73 Å². The van der Waals surface area contributed by atoms with Crippen LogP contribution in [-0.2, 0) is 0 Å². The number of aryl methyl sites for hydroxylation is 1. The smallest absolute Gasteiger partial charge is 0.128 e. The molecule has 0 spiro atoms.